The Kier molecular flexibility index (Phi) is 6.30. The Labute approximate surface area is 150 Å². The zero-order valence-corrected chi connectivity index (χ0v) is 16.0. The molecule has 0 bridgehead atoms. The number of methoxy groups -OCH3 is 1. The molecule has 0 aliphatic rings. The van der Waals surface area contributed by atoms with Gasteiger partial charge in [-0.05, 0) is 32.8 Å². The standard InChI is InChI=1S/C17H23N3O4S/c1-6-9(3)18-15-13-10(4)14(17(22)24-7-2)25-16(13)20-11(19-15)8-12(21)23-5/h9H,6-8H2,1-5H3,(H,18,19,20). The van der Waals surface area contributed by atoms with Gasteiger partial charge >= 0.3 is 11.9 Å². The van der Waals surface area contributed by atoms with E-state index in [2.05, 4.69) is 22.2 Å². The van der Waals surface area contributed by atoms with Crippen molar-refractivity contribution in [1.29, 1.82) is 0 Å². The van der Waals surface area contributed by atoms with E-state index in [-0.39, 0.29) is 18.4 Å². The van der Waals surface area contributed by atoms with E-state index < -0.39 is 5.97 Å². The van der Waals surface area contributed by atoms with Gasteiger partial charge in [-0.25, -0.2) is 14.8 Å². The minimum absolute atomic E-state index is 0.0205. The van der Waals surface area contributed by atoms with Gasteiger partial charge in [0.05, 0.1) is 19.1 Å². The highest BCUT2D eigenvalue weighted by Gasteiger charge is 2.22. The molecule has 136 valence electrons. The van der Waals surface area contributed by atoms with Gasteiger partial charge in [-0.3, -0.25) is 4.79 Å². The van der Waals surface area contributed by atoms with Gasteiger partial charge in [0.1, 0.15) is 27.8 Å². The summed E-state index contributed by atoms with van der Waals surface area (Å²) in [5, 5.41) is 4.14. The van der Waals surface area contributed by atoms with Crippen molar-refractivity contribution >= 4 is 39.3 Å². The third-order valence-electron chi connectivity index (χ3n) is 3.82. The largest absolute Gasteiger partial charge is 0.469 e. The highest BCUT2D eigenvalue weighted by Crippen LogP contribution is 2.34. The number of nitrogens with zero attached hydrogens (tertiary/aromatic N) is 2. The topological polar surface area (TPSA) is 90.4 Å². The predicted octanol–water partition coefficient (Wildman–Crippen LogP) is 3.10. The zero-order chi connectivity index (χ0) is 18.6. The molecular formula is C17H23N3O4S. The van der Waals surface area contributed by atoms with Crippen LogP contribution in [0.5, 0.6) is 0 Å². The molecule has 0 radical (unpaired) electrons. The number of nitrogens with one attached hydrogen (secondary N) is 1. The Hall–Kier alpha value is -2.22. The first-order chi connectivity index (χ1) is 11.9. The van der Waals surface area contributed by atoms with Gasteiger partial charge in [0.2, 0.25) is 0 Å². The molecule has 1 N–H and O–H groups in total. The molecule has 0 aliphatic heterocycles. The van der Waals surface area contributed by atoms with Crippen molar-refractivity contribution in [2.24, 2.45) is 0 Å². The Morgan fingerprint density at radius 2 is 2.00 bits per heavy atom. The van der Waals surface area contributed by atoms with Crippen molar-refractivity contribution in [3.63, 3.8) is 0 Å². The highest BCUT2D eigenvalue weighted by molar-refractivity contribution is 7.20. The van der Waals surface area contributed by atoms with Gasteiger partial charge < -0.3 is 14.8 Å². The molecule has 2 aromatic rings. The minimum Gasteiger partial charge on any atom is -0.469 e. The van der Waals surface area contributed by atoms with E-state index in [0.29, 0.717) is 28.0 Å². The van der Waals surface area contributed by atoms with E-state index >= 15 is 0 Å². The third-order valence-corrected chi connectivity index (χ3v) is 4.99. The zero-order valence-electron chi connectivity index (χ0n) is 15.1. The summed E-state index contributed by atoms with van der Waals surface area (Å²) in [5.74, 6) is 0.212. The molecule has 25 heavy (non-hydrogen) atoms. The van der Waals surface area contributed by atoms with Crippen molar-refractivity contribution in [2.45, 2.75) is 46.6 Å². The van der Waals surface area contributed by atoms with E-state index in [1.54, 1.807) is 6.92 Å². The first-order valence-electron chi connectivity index (χ1n) is 8.21. The highest BCUT2D eigenvalue weighted by atomic mass is 32.1. The second-order valence-corrected chi connectivity index (χ2v) is 6.65. The number of ether oxygens (including phenoxy) is 2. The van der Waals surface area contributed by atoms with E-state index in [0.717, 1.165) is 17.4 Å². The number of thiophene rings is 1. The maximum atomic E-state index is 12.2. The molecule has 2 heterocycles. The summed E-state index contributed by atoms with van der Waals surface area (Å²) < 4.78 is 9.82. The normalized spacial score (nSPS) is 12.0. The number of carbonyl (C=O) groups is 2. The quantitative estimate of drug-likeness (QED) is 0.754. The van der Waals surface area contributed by atoms with E-state index in [4.69, 9.17) is 9.47 Å². The second kappa shape index (κ2) is 8.24. The molecule has 0 spiro atoms. The van der Waals surface area contributed by atoms with Gasteiger partial charge in [-0.1, -0.05) is 6.92 Å². The fourth-order valence-electron chi connectivity index (χ4n) is 2.29. The van der Waals surface area contributed by atoms with Crippen molar-refractivity contribution in [3.8, 4) is 0 Å². The number of anilines is 1. The van der Waals surface area contributed by atoms with Crippen LogP contribution in [0, 0.1) is 6.92 Å². The number of esters is 2. The molecule has 0 amide bonds. The third kappa shape index (κ3) is 4.25. The second-order valence-electron chi connectivity index (χ2n) is 5.65. The molecular weight excluding hydrogens is 342 g/mol. The molecule has 0 aliphatic carbocycles. The Morgan fingerprint density at radius 1 is 1.28 bits per heavy atom. The Bertz CT molecular complexity index is 788. The van der Waals surface area contributed by atoms with Crippen LogP contribution in [-0.2, 0) is 20.7 Å². The van der Waals surface area contributed by atoms with Crippen LogP contribution in [0.2, 0.25) is 0 Å². The molecule has 0 aromatic carbocycles. The van der Waals surface area contributed by atoms with Crippen molar-refractivity contribution in [3.05, 3.63) is 16.3 Å². The summed E-state index contributed by atoms with van der Waals surface area (Å²) >= 11 is 1.25. The van der Waals surface area contributed by atoms with E-state index in [1.807, 2.05) is 13.8 Å². The van der Waals surface area contributed by atoms with Crippen LogP contribution in [0.3, 0.4) is 0 Å². The smallest absolute Gasteiger partial charge is 0.348 e. The van der Waals surface area contributed by atoms with E-state index in [9.17, 15) is 9.59 Å². The Morgan fingerprint density at radius 3 is 2.60 bits per heavy atom. The van der Waals surface area contributed by atoms with Crippen molar-refractivity contribution in [1.82, 2.24) is 9.97 Å². The summed E-state index contributed by atoms with van der Waals surface area (Å²) in [7, 11) is 1.33. The lowest BCUT2D eigenvalue weighted by Crippen LogP contribution is -2.17. The van der Waals surface area contributed by atoms with Gasteiger partial charge in [0.25, 0.3) is 0 Å². The fraction of sp³-hybridized carbons (Fsp3) is 0.529. The van der Waals surface area contributed by atoms with Crippen LogP contribution in [0.1, 0.15) is 48.3 Å². The molecule has 2 aromatic heterocycles. The summed E-state index contributed by atoms with van der Waals surface area (Å²) in [6, 6.07) is 0.189. The van der Waals surface area contributed by atoms with E-state index in [1.165, 1.54) is 18.4 Å². The van der Waals surface area contributed by atoms with Crippen molar-refractivity contribution in [2.75, 3.05) is 19.0 Å². The number of rotatable bonds is 7. The lowest BCUT2D eigenvalue weighted by molar-refractivity contribution is -0.139. The van der Waals surface area contributed by atoms with Crippen LogP contribution in [0.4, 0.5) is 5.82 Å². The summed E-state index contributed by atoms with van der Waals surface area (Å²) in [5.41, 5.74) is 0.786. The first kappa shape index (κ1) is 19.1. The number of aryl methyl sites for hydroxylation is 1. The van der Waals surface area contributed by atoms with Gasteiger partial charge in [-0.15, -0.1) is 11.3 Å². The van der Waals surface area contributed by atoms with Crippen LogP contribution in [0.25, 0.3) is 10.2 Å². The van der Waals surface area contributed by atoms with Gasteiger partial charge in [-0.2, -0.15) is 0 Å². The number of carbonyl (C=O) groups excluding carboxylic acids is 2. The number of hydrogen-bond acceptors (Lipinski definition) is 8. The van der Waals surface area contributed by atoms with Crippen LogP contribution >= 0.6 is 11.3 Å². The molecule has 1 atom stereocenters. The van der Waals surface area contributed by atoms with Crippen LogP contribution in [0.15, 0.2) is 0 Å². The average Bonchev–Trinajstić information content (AvgIpc) is 2.91. The molecule has 7 nitrogen and oxygen atoms in total. The number of aromatic nitrogens is 2. The molecule has 0 fully saturated rings. The number of fused-ring (bicyclic) bond motifs is 1. The minimum atomic E-state index is -0.410. The lowest BCUT2D eigenvalue weighted by Gasteiger charge is -2.14. The fourth-order valence-corrected chi connectivity index (χ4v) is 3.39. The summed E-state index contributed by atoms with van der Waals surface area (Å²) in [4.78, 5) is 33.8. The molecule has 0 saturated heterocycles. The van der Waals surface area contributed by atoms with Gasteiger partial charge in [0.15, 0.2) is 0 Å². The first-order valence-corrected chi connectivity index (χ1v) is 9.03. The average molecular weight is 365 g/mol. The lowest BCUT2D eigenvalue weighted by atomic mass is 10.2. The van der Waals surface area contributed by atoms with Crippen LogP contribution in [-0.4, -0.2) is 41.7 Å². The van der Waals surface area contributed by atoms with Crippen LogP contribution < -0.4 is 5.32 Å². The van der Waals surface area contributed by atoms with Gasteiger partial charge in [0, 0.05) is 6.04 Å². The number of hydrogen-bond donors (Lipinski definition) is 1. The summed E-state index contributed by atoms with van der Waals surface area (Å²) in [6.45, 7) is 8.04. The molecule has 8 heteroatoms. The molecule has 0 saturated carbocycles. The Balaban J connectivity index is 2.58. The van der Waals surface area contributed by atoms with Crippen molar-refractivity contribution < 1.29 is 19.1 Å². The maximum Gasteiger partial charge on any atom is 0.348 e. The SMILES string of the molecule is CCOC(=O)c1sc2nc(CC(=O)OC)nc(NC(C)CC)c2c1C. The molecule has 2 rings (SSSR count). The summed E-state index contributed by atoms with van der Waals surface area (Å²) in [6.07, 6.45) is 0.888. The monoisotopic (exact) mass is 365 g/mol. The predicted molar refractivity (Wildman–Crippen MR) is 97.2 cm³/mol. The molecule has 1 unspecified atom stereocenters. The maximum absolute atomic E-state index is 12.2.